The Kier molecular flexibility index (Phi) is 4.52. The average molecular weight is 368 g/mol. The first kappa shape index (κ1) is 16.3. The average Bonchev–Trinajstić information content (AvgIpc) is 3.11. The van der Waals surface area contributed by atoms with Crippen LogP contribution in [-0.2, 0) is 14.8 Å². The normalized spacial score (nSPS) is 24.4. The van der Waals surface area contributed by atoms with Gasteiger partial charge in [-0.2, -0.15) is 13.1 Å². The molecule has 2 aliphatic rings. The van der Waals surface area contributed by atoms with E-state index in [1.807, 2.05) is 0 Å². The largest absolute Gasteiger partial charge is 0.379 e. The van der Waals surface area contributed by atoms with E-state index in [-0.39, 0.29) is 10.9 Å². The highest BCUT2D eigenvalue weighted by Crippen LogP contribution is 2.27. The lowest BCUT2D eigenvalue weighted by Gasteiger charge is -2.40. The molecule has 0 bridgehead atoms. The number of ether oxygens (including phenoxy) is 1. The van der Waals surface area contributed by atoms with Crippen molar-refractivity contribution < 1.29 is 13.2 Å². The number of hydrogen-bond donors (Lipinski definition) is 0. The summed E-state index contributed by atoms with van der Waals surface area (Å²) >= 11 is 1.05. The summed E-state index contributed by atoms with van der Waals surface area (Å²) in [5, 5.41) is 0. The van der Waals surface area contributed by atoms with Gasteiger partial charge in [0.1, 0.15) is 15.9 Å². The molecule has 2 aromatic rings. The highest BCUT2D eigenvalue weighted by atomic mass is 32.2. The molecule has 0 radical (unpaired) electrons. The summed E-state index contributed by atoms with van der Waals surface area (Å²) < 4.78 is 41.7. The summed E-state index contributed by atoms with van der Waals surface area (Å²) in [5.74, 6) is 0. The van der Waals surface area contributed by atoms with Crippen molar-refractivity contribution in [2.45, 2.75) is 23.8 Å². The van der Waals surface area contributed by atoms with Crippen LogP contribution < -0.4 is 0 Å². The van der Waals surface area contributed by atoms with Crippen molar-refractivity contribution in [1.29, 1.82) is 0 Å². The zero-order chi connectivity index (χ0) is 16.6. The van der Waals surface area contributed by atoms with Crippen molar-refractivity contribution in [2.75, 3.05) is 39.4 Å². The molecular weight excluding hydrogens is 348 g/mol. The Hall–Kier alpha value is -1.13. The second-order valence-electron chi connectivity index (χ2n) is 6.20. The van der Waals surface area contributed by atoms with Crippen LogP contribution in [0.3, 0.4) is 0 Å². The fourth-order valence-electron chi connectivity index (χ4n) is 3.51. The fourth-order valence-corrected chi connectivity index (χ4v) is 5.78. The Morgan fingerprint density at radius 2 is 2.00 bits per heavy atom. The molecule has 0 spiro atoms. The smallest absolute Gasteiger partial charge is 0.245 e. The third kappa shape index (κ3) is 2.95. The standard InChI is InChI=1S/C15H20N4O3S2/c20-24(21,14-5-1-4-13-15(14)17-23-16-13)19-6-2-3-12(11-19)18-7-9-22-10-8-18/h1,4-5,12H,2-3,6-11H2. The van der Waals surface area contributed by atoms with Crippen LogP contribution in [0.2, 0.25) is 0 Å². The van der Waals surface area contributed by atoms with Gasteiger partial charge in [0.05, 0.1) is 24.9 Å². The summed E-state index contributed by atoms with van der Waals surface area (Å²) in [6.07, 6.45) is 1.92. The van der Waals surface area contributed by atoms with Gasteiger partial charge in [0.2, 0.25) is 10.0 Å². The molecule has 24 heavy (non-hydrogen) atoms. The monoisotopic (exact) mass is 368 g/mol. The van der Waals surface area contributed by atoms with E-state index in [1.54, 1.807) is 22.5 Å². The van der Waals surface area contributed by atoms with E-state index < -0.39 is 10.0 Å². The van der Waals surface area contributed by atoms with Crippen LogP contribution >= 0.6 is 11.7 Å². The first-order chi connectivity index (χ1) is 11.7. The Morgan fingerprint density at radius 3 is 2.83 bits per heavy atom. The second kappa shape index (κ2) is 6.64. The molecule has 0 N–H and O–H groups in total. The van der Waals surface area contributed by atoms with E-state index in [0.717, 1.165) is 50.9 Å². The highest BCUT2D eigenvalue weighted by Gasteiger charge is 2.34. The minimum absolute atomic E-state index is 0.269. The molecule has 7 nitrogen and oxygen atoms in total. The summed E-state index contributed by atoms with van der Waals surface area (Å²) in [4.78, 5) is 2.63. The number of piperidine rings is 1. The van der Waals surface area contributed by atoms with Gasteiger partial charge in [-0.1, -0.05) is 6.07 Å². The zero-order valence-corrected chi connectivity index (χ0v) is 14.9. The third-order valence-corrected chi connectivity index (χ3v) is 7.23. The van der Waals surface area contributed by atoms with Crippen molar-refractivity contribution in [1.82, 2.24) is 18.0 Å². The van der Waals surface area contributed by atoms with Gasteiger partial charge in [0.15, 0.2) is 0 Å². The number of nitrogens with zero attached hydrogens (tertiary/aromatic N) is 4. The van der Waals surface area contributed by atoms with Crippen molar-refractivity contribution in [3.63, 3.8) is 0 Å². The SMILES string of the molecule is O=S(=O)(c1cccc2nsnc12)N1CCCC(N2CCOCC2)C1. The molecular formula is C15H20N4O3S2. The number of hydrogen-bond acceptors (Lipinski definition) is 7. The zero-order valence-electron chi connectivity index (χ0n) is 13.3. The van der Waals surface area contributed by atoms with Crippen LogP contribution in [0, 0.1) is 0 Å². The Balaban J connectivity index is 1.60. The molecule has 0 aliphatic carbocycles. The van der Waals surface area contributed by atoms with E-state index >= 15 is 0 Å². The van der Waals surface area contributed by atoms with Gasteiger partial charge < -0.3 is 4.74 Å². The van der Waals surface area contributed by atoms with Gasteiger partial charge in [-0.25, -0.2) is 8.42 Å². The molecule has 0 amide bonds. The quantitative estimate of drug-likeness (QED) is 0.810. The molecule has 9 heteroatoms. The van der Waals surface area contributed by atoms with Crippen LogP contribution in [-0.4, -0.2) is 71.8 Å². The van der Waals surface area contributed by atoms with Crippen LogP contribution in [0.25, 0.3) is 11.0 Å². The van der Waals surface area contributed by atoms with Gasteiger partial charge in [-0.3, -0.25) is 4.90 Å². The van der Waals surface area contributed by atoms with Gasteiger partial charge in [-0.05, 0) is 25.0 Å². The molecule has 2 saturated heterocycles. The lowest BCUT2D eigenvalue weighted by Crippen LogP contribution is -2.52. The maximum Gasteiger partial charge on any atom is 0.245 e. The van der Waals surface area contributed by atoms with Gasteiger partial charge in [-0.15, -0.1) is 0 Å². The summed E-state index contributed by atoms with van der Waals surface area (Å²) in [7, 11) is -3.55. The molecule has 0 saturated carbocycles. The number of rotatable bonds is 3. The number of aromatic nitrogens is 2. The van der Waals surface area contributed by atoms with Gasteiger partial charge in [0.25, 0.3) is 0 Å². The molecule has 2 fully saturated rings. The molecule has 1 unspecified atom stereocenters. The fraction of sp³-hybridized carbons (Fsp3) is 0.600. The topological polar surface area (TPSA) is 75.6 Å². The molecule has 1 aromatic carbocycles. The predicted octanol–water partition coefficient (Wildman–Crippen LogP) is 1.18. The molecule has 130 valence electrons. The predicted molar refractivity (Wildman–Crippen MR) is 91.6 cm³/mol. The van der Waals surface area contributed by atoms with Crippen LogP contribution in [0.15, 0.2) is 23.1 Å². The molecule has 3 heterocycles. The molecule has 2 aliphatic heterocycles. The van der Waals surface area contributed by atoms with E-state index in [2.05, 4.69) is 13.6 Å². The van der Waals surface area contributed by atoms with Gasteiger partial charge >= 0.3 is 0 Å². The Labute approximate surface area is 145 Å². The van der Waals surface area contributed by atoms with E-state index in [1.165, 1.54) is 0 Å². The van der Waals surface area contributed by atoms with E-state index in [4.69, 9.17) is 4.74 Å². The molecule has 1 atom stereocenters. The van der Waals surface area contributed by atoms with Gasteiger partial charge in [0, 0.05) is 32.2 Å². The highest BCUT2D eigenvalue weighted by molar-refractivity contribution is 7.89. The third-order valence-electron chi connectivity index (χ3n) is 4.79. The maximum absolute atomic E-state index is 13.1. The Bertz CT molecular complexity index is 817. The van der Waals surface area contributed by atoms with Crippen molar-refractivity contribution >= 4 is 32.8 Å². The summed E-state index contributed by atoms with van der Waals surface area (Å²) in [5.41, 5.74) is 1.12. The molecule has 1 aromatic heterocycles. The summed E-state index contributed by atoms with van der Waals surface area (Å²) in [6.45, 7) is 4.32. The summed E-state index contributed by atoms with van der Waals surface area (Å²) in [6, 6.07) is 5.44. The first-order valence-corrected chi connectivity index (χ1v) is 10.4. The Morgan fingerprint density at radius 1 is 1.17 bits per heavy atom. The molecule has 4 rings (SSSR count). The minimum Gasteiger partial charge on any atom is -0.379 e. The van der Waals surface area contributed by atoms with Crippen LogP contribution in [0.4, 0.5) is 0 Å². The second-order valence-corrected chi connectivity index (χ2v) is 8.63. The van der Waals surface area contributed by atoms with Crippen LogP contribution in [0.1, 0.15) is 12.8 Å². The maximum atomic E-state index is 13.1. The van der Waals surface area contributed by atoms with Crippen molar-refractivity contribution in [3.8, 4) is 0 Å². The number of benzene rings is 1. The lowest BCUT2D eigenvalue weighted by atomic mass is 10.1. The number of morpholine rings is 1. The van der Waals surface area contributed by atoms with Crippen LogP contribution in [0.5, 0.6) is 0 Å². The first-order valence-electron chi connectivity index (χ1n) is 8.19. The number of fused-ring (bicyclic) bond motifs is 1. The van der Waals surface area contributed by atoms with Crippen molar-refractivity contribution in [2.24, 2.45) is 0 Å². The van der Waals surface area contributed by atoms with E-state index in [9.17, 15) is 8.42 Å². The van der Waals surface area contributed by atoms with Crippen molar-refractivity contribution in [3.05, 3.63) is 18.2 Å². The van der Waals surface area contributed by atoms with E-state index in [0.29, 0.717) is 24.1 Å². The number of sulfonamides is 1. The lowest BCUT2D eigenvalue weighted by molar-refractivity contribution is 0.00538. The minimum atomic E-state index is -3.55.